The molecular weight excluding hydrogens is 280 g/mol. The number of nitrogens with one attached hydrogen (secondary N) is 1. The molecule has 1 aromatic rings. The van der Waals surface area contributed by atoms with E-state index in [4.69, 9.17) is 9.73 Å². The molecule has 4 heteroatoms. The van der Waals surface area contributed by atoms with Gasteiger partial charge >= 0.3 is 0 Å². The third kappa shape index (κ3) is 3.73. The Morgan fingerprint density at radius 2 is 2.14 bits per heavy atom. The molecule has 1 aliphatic heterocycles. The molecule has 1 saturated carbocycles. The van der Waals surface area contributed by atoms with Crippen molar-refractivity contribution < 1.29 is 4.74 Å². The number of ether oxygens (including phenoxy) is 1. The quantitative estimate of drug-likeness (QED) is 0.921. The third-order valence-corrected chi connectivity index (χ3v) is 5.87. The highest BCUT2D eigenvalue weighted by atomic mass is 32.2. The van der Waals surface area contributed by atoms with E-state index in [9.17, 15) is 0 Å². The third-order valence-electron chi connectivity index (χ3n) is 4.57. The van der Waals surface area contributed by atoms with Gasteiger partial charge in [0.2, 0.25) is 0 Å². The molecule has 1 spiro atoms. The van der Waals surface area contributed by atoms with Gasteiger partial charge < -0.3 is 10.1 Å². The Labute approximate surface area is 131 Å². The second-order valence-electron chi connectivity index (χ2n) is 6.18. The van der Waals surface area contributed by atoms with Gasteiger partial charge in [-0.1, -0.05) is 43.2 Å². The minimum Gasteiger partial charge on any atom is -0.497 e. The Kier molecular flexibility index (Phi) is 4.73. The van der Waals surface area contributed by atoms with Crippen LogP contribution in [0, 0.1) is 5.41 Å². The number of amidine groups is 1. The van der Waals surface area contributed by atoms with Crippen molar-refractivity contribution in [3.8, 4) is 5.75 Å². The van der Waals surface area contributed by atoms with Crippen molar-refractivity contribution in [3.63, 3.8) is 0 Å². The van der Waals surface area contributed by atoms with Crippen LogP contribution in [0.1, 0.15) is 37.7 Å². The fourth-order valence-corrected chi connectivity index (χ4v) is 4.38. The fourth-order valence-electron chi connectivity index (χ4n) is 3.22. The molecule has 1 aliphatic carbocycles. The molecule has 0 atom stereocenters. The van der Waals surface area contributed by atoms with Crippen molar-refractivity contribution >= 4 is 16.9 Å². The van der Waals surface area contributed by atoms with Gasteiger partial charge in [-0.15, -0.1) is 0 Å². The first-order valence-corrected chi connectivity index (χ1v) is 8.82. The van der Waals surface area contributed by atoms with Crippen LogP contribution in [0.4, 0.5) is 0 Å². The average Bonchev–Trinajstić information content (AvgIpc) is 2.55. The maximum Gasteiger partial charge on any atom is 0.156 e. The summed E-state index contributed by atoms with van der Waals surface area (Å²) in [7, 11) is 1.71. The van der Waals surface area contributed by atoms with Crippen LogP contribution < -0.4 is 10.1 Å². The van der Waals surface area contributed by atoms with Gasteiger partial charge in [-0.3, -0.25) is 4.99 Å². The van der Waals surface area contributed by atoms with Gasteiger partial charge in [0.25, 0.3) is 0 Å². The van der Waals surface area contributed by atoms with E-state index in [0.717, 1.165) is 24.0 Å². The molecule has 1 aromatic carbocycles. The molecule has 0 saturated heterocycles. The van der Waals surface area contributed by atoms with Gasteiger partial charge in [-0.25, -0.2) is 0 Å². The summed E-state index contributed by atoms with van der Waals surface area (Å²) in [6.45, 7) is 1.83. The first-order valence-electron chi connectivity index (χ1n) is 7.84. The van der Waals surface area contributed by atoms with Gasteiger partial charge in [0, 0.05) is 18.8 Å². The van der Waals surface area contributed by atoms with Crippen LogP contribution in [-0.4, -0.2) is 24.6 Å². The van der Waals surface area contributed by atoms with Crippen LogP contribution in [-0.2, 0) is 6.54 Å². The lowest BCUT2D eigenvalue weighted by Gasteiger charge is -2.38. The van der Waals surface area contributed by atoms with Gasteiger partial charge in [0.1, 0.15) is 5.75 Å². The summed E-state index contributed by atoms with van der Waals surface area (Å²) in [4.78, 5) is 4.80. The van der Waals surface area contributed by atoms with Crippen molar-refractivity contribution in [2.75, 3.05) is 19.4 Å². The Balaban J connectivity index is 1.54. The zero-order valence-corrected chi connectivity index (χ0v) is 13.5. The molecular formula is C17H24N2OS. The van der Waals surface area contributed by atoms with Crippen molar-refractivity contribution in [3.05, 3.63) is 29.8 Å². The Morgan fingerprint density at radius 1 is 1.29 bits per heavy atom. The van der Waals surface area contributed by atoms with E-state index in [1.807, 2.05) is 23.9 Å². The lowest BCUT2D eigenvalue weighted by atomic mass is 9.75. The van der Waals surface area contributed by atoms with E-state index in [1.165, 1.54) is 43.4 Å². The highest BCUT2D eigenvalue weighted by molar-refractivity contribution is 8.13. The smallest absolute Gasteiger partial charge is 0.156 e. The van der Waals surface area contributed by atoms with Crippen LogP contribution >= 0.6 is 11.8 Å². The molecule has 0 amide bonds. The highest BCUT2D eigenvalue weighted by Crippen LogP contribution is 2.41. The van der Waals surface area contributed by atoms with Crippen LogP contribution in [0.15, 0.2) is 29.3 Å². The van der Waals surface area contributed by atoms with Crippen LogP contribution in [0.2, 0.25) is 0 Å². The maximum absolute atomic E-state index is 5.26. The lowest BCUT2D eigenvalue weighted by Crippen LogP contribution is -2.36. The number of rotatable bonds is 3. The Morgan fingerprint density at radius 3 is 2.86 bits per heavy atom. The summed E-state index contributed by atoms with van der Waals surface area (Å²) in [5.41, 5.74) is 1.74. The number of aliphatic imine (C=N–C) groups is 1. The molecule has 3 nitrogen and oxygen atoms in total. The molecule has 0 unspecified atom stereocenters. The molecule has 0 bridgehead atoms. The first-order chi connectivity index (χ1) is 10.3. The SMILES string of the molecule is COc1cccc(CNC2=NCC3(CCCCC3)CS2)c1. The van der Waals surface area contributed by atoms with Crippen LogP contribution in [0.5, 0.6) is 5.75 Å². The highest BCUT2D eigenvalue weighted by Gasteiger charge is 2.34. The predicted molar refractivity (Wildman–Crippen MR) is 90.1 cm³/mol. The topological polar surface area (TPSA) is 33.6 Å². The standard InChI is InChI=1S/C17H24N2OS/c1-20-15-7-5-6-14(10-15)11-18-16-19-12-17(13-21-16)8-3-2-4-9-17/h5-7,10H,2-4,8-9,11-13H2,1H3,(H,18,19). The zero-order valence-electron chi connectivity index (χ0n) is 12.7. The molecule has 0 aromatic heterocycles. The van der Waals surface area contributed by atoms with Crippen molar-refractivity contribution in [2.24, 2.45) is 10.4 Å². The Hall–Kier alpha value is -1.16. The molecule has 21 heavy (non-hydrogen) atoms. The number of methoxy groups -OCH3 is 1. The minimum absolute atomic E-state index is 0.504. The monoisotopic (exact) mass is 304 g/mol. The van der Waals surface area contributed by atoms with Crippen molar-refractivity contribution in [1.29, 1.82) is 0 Å². The molecule has 3 rings (SSSR count). The summed E-state index contributed by atoms with van der Waals surface area (Å²) in [5.74, 6) is 2.14. The first kappa shape index (κ1) is 14.8. The number of nitrogens with zero attached hydrogens (tertiary/aromatic N) is 1. The number of hydrogen-bond donors (Lipinski definition) is 1. The van der Waals surface area contributed by atoms with E-state index in [-0.39, 0.29) is 0 Å². The fraction of sp³-hybridized carbons (Fsp3) is 0.588. The molecule has 0 radical (unpaired) electrons. The molecule has 2 aliphatic rings. The molecule has 1 heterocycles. The van der Waals surface area contributed by atoms with E-state index in [0.29, 0.717) is 5.41 Å². The average molecular weight is 304 g/mol. The Bertz CT molecular complexity index is 509. The van der Waals surface area contributed by atoms with Crippen molar-refractivity contribution in [1.82, 2.24) is 5.32 Å². The minimum atomic E-state index is 0.504. The van der Waals surface area contributed by atoms with E-state index < -0.39 is 0 Å². The van der Waals surface area contributed by atoms with Gasteiger partial charge in [0.05, 0.1) is 7.11 Å². The van der Waals surface area contributed by atoms with Gasteiger partial charge in [-0.05, 0) is 36.0 Å². The van der Waals surface area contributed by atoms with E-state index >= 15 is 0 Å². The number of hydrogen-bond acceptors (Lipinski definition) is 4. The molecule has 1 fully saturated rings. The van der Waals surface area contributed by atoms with Crippen molar-refractivity contribution in [2.45, 2.75) is 38.6 Å². The van der Waals surface area contributed by atoms with E-state index in [2.05, 4.69) is 17.4 Å². The number of thioether (sulfide) groups is 1. The molecule has 114 valence electrons. The zero-order chi connectivity index (χ0) is 14.5. The second kappa shape index (κ2) is 6.73. The summed E-state index contributed by atoms with van der Waals surface area (Å²) in [6.07, 6.45) is 6.93. The largest absolute Gasteiger partial charge is 0.497 e. The maximum atomic E-state index is 5.26. The normalized spacial score (nSPS) is 20.9. The lowest BCUT2D eigenvalue weighted by molar-refractivity contribution is 0.232. The summed E-state index contributed by atoms with van der Waals surface area (Å²) in [6, 6.07) is 8.20. The summed E-state index contributed by atoms with van der Waals surface area (Å²) in [5, 5.41) is 4.57. The van der Waals surface area contributed by atoms with Crippen LogP contribution in [0.25, 0.3) is 0 Å². The van der Waals surface area contributed by atoms with Gasteiger partial charge in [0.15, 0.2) is 5.17 Å². The molecule has 1 N–H and O–H groups in total. The van der Waals surface area contributed by atoms with Crippen LogP contribution in [0.3, 0.4) is 0 Å². The van der Waals surface area contributed by atoms with Gasteiger partial charge in [-0.2, -0.15) is 0 Å². The summed E-state index contributed by atoms with van der Waals surface area (Å²) < 4.78 is 5.26. The predicted octanol–water partition coefficient (Wildman–Crippen LogP) is 3.84. The number of benzene rings is 1. The van der Waals surface area contributed by atoms with E-state index in [1.54, 1.807) is 7.11 Å². The summed E-state index contributed by atoms with van der Waals surface area (Å²) >= 11 is 1.91. The second-order valence-corrected chi connectivity index (χ2v) is 7.14.